The van der Waals surface area contributed by atoms with Crippen molar-refractivity contribution in [3.05, 3.63) is 29.8 Å². The Morgan fingerprint density at radius 1 is 1.38 bits per heavy atom. The standard InChI is InChI=1S/C13H19NO2/c1-2-8-15-11-5-3-10(4-6-11)13-12(14)7-9-16-13/h3-6,12-13H,2,7-9,14H2,1H3. The number of hydrogen-bond acceptors (Lipinski definition) is 3. The Morgan fingerprint density at radius 3 is 2.69 bits per heavy atom. The lowest BCUT2D eigenvalue weighted by Crippen LogP contribution is -2.23. The third kappa shape index (κ3) is 2.54. The molecule has 88 valence electrons. The second-order valence-electron chi connectivity index (χ2n) is 4.16. The molecule has 16 heavy (non-hydrogen) atoms. The average molecular weight is 221 g/mol. The topological polar surface area (TPSA) is 44.5 Å². The van der Waals surface area contributed by atoms with Crippen LogP contribution in [0.1, 0.15) is 31.4 Å². The maximum Gasteiger partial charge on any atom is 0.119 e. The van der Waals surface area contributed by atoms with E-state index in [1.807, 2.05) is 24.3 Å². The van der Waals surface area contributed by atoms with Crippen molar-refractivity contribution in [1.29, 1.82) is 0 Å². The van der Waals surface area contributed by atoms with Crippen LogP contribution in [0.25, 0.3) is 0 Å². The molecule has 2 atom stereocenters. The van der Waals surface area contributed by atoms with E-state index in [1.165, 1.54) is 0 Å². The quantitative estimate of drug-likeness (QED) is 0.848. The molecule has 1 aliphatic heterocycles. The largest absolute Gasteiger partial charge is 0.494 e. The van der Waals surface area contributed by atoms with Crippen LogP contribution in [-0.2, 0) is 4.74 Å². The molecule has 2 unspecified atom stereocenters. The van der Waals surface area contributed by atoms with Crippen LogP contribution in [0.15, 0.2) is 24.3 Å². The van der Waals surface area contributed by atoms with Crippen molar-refractivity contribution in [1.82, 2.24) is 0 Å². The first-order valence-corrected chi connectivity index (χ1v) is 5.91. The van der Waals surface area contributed by atoms with Gasteiger partial charge in [0.05, 0.1) is 12.7 Å². The summed E-state index contributed by atoms with van der Waals surface area (Å²) in [5.74, 6) is 0.914. The highest BCUT2D eigenvalue weighted by molar-refractivity contribution is 5.29. The second-order valence-corrected chi connectivity index (χ2v) is 4.16. The Labute approximate surface area is 96.5 Å². The summed E-state index contributed by atoms with van der Waals surface area (Å²) in [4.78, 5) is 0. The molecule has 1 aromatic carbocycles. The highest BCUT2D eigenvalue weighted by Gasteiger charge is 2.26. The zero-order valence-electron chi connectivity index (χ0n) is 9.69. The Kier molecular flexibility index (Phi) is 3.80. The monoisotopic (exact) mass is 221 g/mol. The Morgan fingerprint density at radius 2 is 2.12 bits per heavy atom. The van der Waals surface area contributed by atoms with E-state index in [-0.39, 0.29) is 12.1 Å². The van der Waals surface area contributed by atoms with E-state index >= 15 is 0 Å². The molecule has 0 radical (unpaired) electrons. The van der Waals surface area contributed by atoms with Gasteiger partial charge in [-0.25, -0.2) is 0 Å². The molecule has 0 bridgehead atoms. The van der Waals surface area contributed by atoms with Gasteiger partial charge in [-0.05, 0) is 30.5 Å². The van der Waals surface area contributed by atoms with Crippen molar-refractivity contribution >= 4 is 0 Å². The summed E-state index contributed by atoms with van der Waals surface area (Å²) >= 11 is 0. The number of nitrogens with two attached hydrogens (primary N) is 1. The second kappa shape index (κ2) is 5.32. The third-order valence-electron chi connectivity index (χ3n) is 2.82. The lowest BCUT2D eigenvalue weighted by Gasteiger charge is -2.15. The molecule has 1 heterocycles. The number of hydrogen-bond donors (Lipinski definition) is 1. The third-order valence-corrected chi connectivity index (χ3v) is 2.82. The van der Waals surface area contributed by atoms with Gasteiger partial charge in [-0.2, -0.15) is 0 Å². The number of ether oxygens (including phenoxy) is 2. The lowest BCUT2D eigenvalue weighted by molar-refractivity contribution is 0.105. The first-order chi connectivity index (χ1) is 7.81. The minimum absolute atomic E-state index is 0.0558. The maximum absolute atomic E-state index is 5.97. The average Bonchev–Trinajstić information content (AvgIpc) is 2.74. The molecule has 0 amide bonds. The molecule has 0 aromatic heterocycles. The van der Waals surface area contributed by atoms with Crippen molar-refractivity contribution in [2.75, 3.05) is 13.2 Å². The van der Waals surface area contributed by atoms with Crippen LogP contribution in [0.5, 0.6) is 5.75 Å². The molecule has 1 aliphatic rings. The molecular formula is C13H19NO2. The van der Waals surface area contributed by atoms with Gasteiger partial charge in [-0.3, -0.25) is 0 Å². The zero-order valence-corrected chi connectivity index (χ0v) is 9.69. The van der Waals surface area contributed by atoms with Crippen LogP contribution in [0, 0.1) is 0 Å². The van der Waals surface area contributed by atoms with Crippen LogP contribution >= 0.6 is 0 Å². The highest BCUT2D eigenvalue weighted by atomic mass is 16.5. The summed E-state index contributed by atoms with van der Waals surface area (Å²) in [7, 11) is 0. The van der Waals surface area contributed by atoms with Crippen molar-refractivity contribution in [3.8, 4) is 5.75 Å². The predicted octanol–water partition coefficient (Wildman–Crippen LogP) is 2.26. The fraction of sp³-hybridized carbons (Fsp3) is 0.538. The van der Waals surface area contributed by atoms with Crippen LogP contribution in [0.3, 0.4) is 0 Å². The van der Waals surface area contributed by atoms with Gasteiger partial charge in [0.15, 0.2) is 0 Å². The number of benzene rings is 1. The molecule has 1 aromatic rings. The van der Waals surface area contributed by atoms with Gasteiger partial charge in [0.25, 0.3) is 0 Å². The van der Waals surface area contributed by atoms with E-state index < -0.39 is 0 Å². The molecular weight excluding hydrogens is 202 g/mol. The van der Waals surface area contributed by atoms with Crippen molar-refractivity contribution in [2.45, 2.75) is 31.9 Å². The normalized spacial score (nSPS) is 24.6. The number of rotatable bonds is 4. The fourth-order valence-electron chi connectivity index (χ4n) is 1.92. The Bertz CT molecular complexity index is 323. The van der Waals surface area contributed by atoms with Gasteiger partial charge in [0.1, 0.15) is 5.75 Å². The Balaban J connectivity index is 2.01. The van der Waals surface area contributed by atoms with Crippen molar-refractivity contribution in [2.24, 2.45) is 5.73 Å². The van der Waals surface area contributed by atoms with E-state index in [9.17, 15) is 0 Å². The summed E-state index contributed by atoms with van der Waals surface area (Å²) in [6.07, 6.45) is 2.03. The van der Waals surface area contributed by atoms with Gasteiger partial charge in [0.2, 0.25) is 0 Å². The molecule has 2 rings (SSSR count). The van der Waals surface area contributed by atoms with Gasteiger partial charge in [-0.1, -0.05) is 19.1 Å². The van der Waals surface area contributed by atoms with E-state index in [0.717, 1.165) is 37.4 Å². The van der Waals surface area contributed by atoms with Crippen LogP contribution in [0.4, 0.5) is 0 Å². The summed E-state index contributed by atoms with van der Waals surface area (Å²) in [6, 6.07) is 8.18. The molecule has 0 spiro atoms. The SMILES string of the molecule is CCCOc1ccc(C2OCCC2N)cc1. The van der Waals surface area contributed by atoms with Gasteiger partial charge in [-0.15, -0.1) is 0 Å². The van der Waals surface area contributed by atoms with Crippen molar-refractivity contribution in [3.63, 3.8) is 0 Å². The lowest BCUT2D eigenvalue weighted by atomic mass is 10.0. The molecule has 2 N–H and O–H groups in total. The van der Waals surface area contributed by atoms with Crippen LogP contribution < -0.4 is 10.5 Å². The molecule has 1 saturated heterocycles. The molecule has 3 nitrogen and oxygen atoms in total. The highest BCUT2D eigenvalue weighted by Crippen LogP contribution is 2.28. The van der Waals surface area contributed by atoms with Crippen LogP contribution in [0.2, 0.25) is 0 Å². The van der Waals surface area contributed by atoms with Gasteiger partial charge in [0, 0.05) is 12.6 Å². The summed E-state index contributed by atoms with van der Waals surface area (Å²) in [5, 5.41) is 0. The molecule has 0 aliphatic carbocycles. The maximum atomic E-state index is 5.97. The first-order valence-electron chi connectivity index (χ1n) is 5.91. The van der Waals surface area contributed by atoms with E-state index in [0.29, 0.717) is 0 Å². The fourth-order valence-corrected chi connectivity index (χ4v) is 1.92. The van der Waals surface area contributed by atoms with E-state index in [4.69, 9.17) is 15.2 Å². The van der Waals surface area contributed by atoms with Crippen molar-refractivity contribution < 1.29 is 9.47 Å². The summed E-state index contributed by atoms with van der Waals surface area (Å²) < 4.78 is 11.1. The van der Waals surface area contributed by atoms with E-state index in [1.54, 1.807) is 0 Å². The minimum Gasteiger partial charge on any atom is -0.494 e. The van der Waals surface area contributed by atoms with Crippen LogP contribution in [-0.4, -0.2) is 19.3 Å². The predicted molar refractivity (Wildman–Crippen MR) is 63.5 cm³/mol. The molecule has 3 heteroatoms. The minimum atomic E-state index is 0.0558. The first kappa shape index (κ1) is 11.4. The molecule has 0 saturated carbocycles. The smallest absolute Gasteiger partial charge is 0.119 e. The van der Waals surface area contributed by atoms with E-state index in [2.05, 4.69) is 6.92 Å². The summed E-state index contributed by atoms with van der Waals surface area (Å²) in [5.41, 5.74) is 7.12. The summed E-state index contributed by atoms with van der Waals surface area (Å²) in [6.45, 7) is 3.62. The zero-order chi connectivity index (χ0) is 11.4. The molecule has 1 fully saturated rings. The van der Waals surface area contributed by atoms with Gasteiger partial charge < -0.3 is 15.2 Å². The Hall–Kier alpha value is -1.06. The van der Waals surface area contributed by atoms with Gasteiger partial charge >= 0.3 is 0 Å².